The maximum Gasteiger partial charge on any atom is 0.235 e. The van der Waals surface area contributed by atoms with Crippen LogP contribution in [0.15, 0.2) is 41.4 Å². The van der Waals surface area contributed by atoms with Crippen LogP contribution in [0, 0.1) is 6.92 Å². The van der Waals surface area contributed by atoms with Gasteiger partial charge in [0.25, 0.3) is 0 Å². The monoisotopic (exact) mass is 455 g/mol. The zero-order valence-corrected chi connectivity index (χ0v) is 17.1. The Bertz CT molecular complexity index is 1220. The highest BCUT2D eigenvalue weighted by Crippen LogP contribution is 2.45. The van der Waals surface area contributed by atoms with Crippen molar-refractivity contribution >= 4 is 50.6 Å². The van der Waals surface area contributed by atoms with E-state index in [9.17, 15) is 4.79 Å². The van der Waals surface area contributed by atoms with E-state index in [1.807, 2.05) is 25.1 Å². The summed E-state index contributed by atoms with van der Waals surface area (Å²) in [6.45, 7) is 1.95. The van der Waals surface area contributed by atoms with Gasteiger partial charge in [-0.2, -0.15) is 9.78 Å². The largest absolute Gasteiger partial charge is 0.340 e. The van der Waals surface area contributed by atoms with Crippen molar-refractivity contribution in [2.75, 3.05) is 11.1 Å². The Labute approximate surface area is 172 Å². The van der Waals surface area contributed by atoms with Crippen LogP contribution in [-0.4, -0.2) is 41.4 Å². The van der Waals surface area contributed by atoms with Gasteiger partial charge in [0.15, 0.2) is 11.5 Å². The first-order valence-electron chi connectivity index (χ1n) is 8.53. The fourth-order valence-corrected chi connectivity index (χ4v) is 5.27. The molecule has 0 aliphatic carbocycles. The van der Waals surface area contributed by atoms with Crippen molar-refractivity contribution in [2.45, 2.75) is 12.2 Å². The second-order valence-electron chi connectivity index (χ2n) is 6.32. The number of carbonyl (C=O) groups excluding carboxylic acids is 1. The minimum absolute atomic E-state index is 0.0441. The molecule has 140 valence electrons. The van der Waals surface area contributed by atoms with Crippen LogP contribution in [0.1, 0.15) is 22.1 Å². The highest BCUT2D eigenvalue weighted by atomic mass is 79.9. The molecule has 1 aliphatic heterocycles. The molecular weight excluding hydrogens is 442 g/mol. The van der Waals surface area contributed by atoms with Gasteiger partial charge in [0, 0.05) is 10.0 Å². The molecule has 0 saturated heterocycles. The van der Waals surface area contributed by atoms with E-state index in [0.29, 0.717) is 28.6 Å². The molecule has 4 heterocycles. The SMILES string of the molecule is Cc1nn(-c2ncnc3nc[nH]c23)c2c1[C@H](c1ccccc1Br)SCC(=O)N2. The van der Waals surface area contributed by atoms with Crippen LogP contribution in [0.5, 0.6) is 0 Å². The summed E-state index contributed by atoms with van der Waals surface area (Å²) in [5.41, 5.74) is 4.10. The van der Waals surface area contributed by atoms with E-state index >= 15 is 0 Å². The number of aryl methyl sites for hydroxylation is 1. The van der Waals surface area contributed by atoms with Crippen molar-refractivity contribution in [3.8, 4) is 5.82 Å². The molecule has 4 aromatic rings. The second kappa shape index (κ2) is 6.71. The minimum Gasteiger partial charge on any atom is -0.340 e. The van der Waals surface area contributed by atoms with Crippen LogP contribution in [0.25, 0.3) is 17.0 Å². The molecule has 8 nitrogen and oxygen atoms in total. The molecule has 1 amide bonds. The molecule has 0 unspecified atom stereocenters. The quantitative estimate of drug-likeness (QED) is 0.480. The molecule has 0 saturated carbocycles. The van der Waals surface area contributed by atoms with E-state index < -0.39 is 0 Å². The Kier molecular flexibility index (Phi) is 4.17. The molecule has 5 rings (SSSR count). The molecular formula is C18H14BrN7OS. The lowest BCUT2D eigenvalue weighted by Gasteiger charge is -2.16. The predicted molar refractivity (Wildman–Crippen MR) is 111 cm³/mol. The number of carbonyl (C=O) groups is 1. The van der Waals surface area contributed by atoms with Crippen LogP contribution in [-0.2, 0) is 4.79 Å². The van der Waals surface area contributed by atoms with Gasteiger partial charge in [-0.15, -0.1) is 11.8 Å². The second-order valence-corrected chi connectivity index (χ2v) is 8.27. The standard InChI is InChI=1S/C18H14BrN7OS/c1-9-13-15(10-4-2-3-5-11(10)19)28-6-12(27)24-17(13)26(25-9)18-14-16(21-7-20-14)22-8-23-18/h2-5,7-8,15H,6H2,1H3,(H,24,27)(H,20,21,22,23)/t15-/m0/s1. The fourth-order valence-electron chi connectivity index (χ4n) is 3.38. The van der Waals surface area contributed by atoms with Crippen LogP contribution in [0.3, 0.4) is 0 Å². The Morgan fingerprint density at radius 2 is 2.11 bits per heavy atom. The van der Waals surface area contributed by atoms with Gasteiger partial charge in [0.1, 0.15) is 17.7 Å². The summed E-state index contributed by atoms with van der Waals surface area (Å²) in [6, 6.07) is 8.05. The third-order valence-corrected chi connectivity index (χ3v) is 6.57. The number of aromatic nitrogens is 6. The number of hydrogen-bond donors (Lipinski definition) is 2. The van der Waals surface area contributed by atoms with Crippen molar-refractivity contribution in [1.82, 2.24) is 29.7 Å². The summed E-state index contributed by atoms with van der Waals surface area (Å²) in [7, 11) is 0. The van der Waals surface area contributed by atoms with Crippen molar-refractivity contribution in [1.29, 1.82) is 0 Å². The number of benzene rings is 1. The summed E-state index contributed by atoms with van der Waals surface area (Å²) >= 11 is 5.23. The highest BCUT2D eigenvalue weighted by Gasteiger charge is 2.32. The summed E-state index contributed by atoms with van der Waals surface area (Å²) in [6.07, 6.45) is 3.01. The maximum absolute atomic E-state index is 12.5. The number of nitrogens with zero attached hydrogens (tertiary/aromatic N) is 5. The predicted octanol–water partition coefficient (Wildman–Crippen LogP) is 3.38. The topological polar surface area (TPSA) is 101 Å². The summed E-state index contributed by atoms with van der Waals surface area (Å²) in [5.74, 6) is 1.45. The molecule has 0 radical (unpaired) electrons. The van der Waals surface area contributed by atoms with Crippen molar-refractivity contribution < 1.29 is 4.79 Å². The minimum atomic E-state index is -0.0723. The van der Waals surface area contributed by atoms with Gasteiger partial charge < -0.3 is 10.3 Å². The number of hydrogen-bond acceptors (Lipinski definition) is 6. The van der Waals surface area contributed by atoms with Crippen molar-refractivity contribution in [2.24, 2.45) is 0 Å². The number of H-pyrrole nitrogens is 1. The maximum atomic E-state index is 12.5. The molecule has 0 spiro atoms. The molecule has 10 heteroatoms. The molecule has 0 bridgehead atoms. The van der Waals surface area contributed by atoms with Crippen molar-refractivity contribution in [3.63, 3.8) is 0 Å². The first kappa shape index (κ1) is 17.4. The first-order chi connectivity index (χ1) is 13.6. The number of nitrogens with one attached hydrogen (secondary N) is 2. The molecule has 28 heavy (non-hydrogen) atoms. The van der Waals surface area contributed by atoms with E-state index in [-0.39, 0.29) is 11.2 Å². The van der Waals surface area contributed by atoms with E-state index in [2.05, 4.69) is 47.2 Å². The fraction of sp³-hybridized carbons (Fsp3) is 0.167. The van der Waals surface area contributed by atoms with Gasteiger partial charge in [-0.1, -0.05) is 34.1 Å². The number of imidazole rings is 1. The van der Waals surface area contributed by atoms with Crippen LogP contribution >= 0.6 is 27.7 Å². The third-order valence-electron chi connectivity index (χ3n) is 4.60. The Hall–Kier alpha value is -2.72. The lowest BCUT2D eigenvalue weighted by atomic mass is 10.0. The van der Waals surface area contributed by atoms with E-state index in [0.717, 1.165) is 21.3 Å². The third kappa shape index (κ3) is 2.71. The first-order valence-corrected chi connectivity index (χ1v) is 10.4. The number of halogens is 1. The average Bonchev–Trinajstić information content (AvgIpc) is 3.24. The van der Waals surface area contributed by atoms with Gasteiger partial charge in [-0.3, -0.25) is 4.79 Å². The number of anilines is 1. The number of aromatic amines is 1. The zero-order chi connectivity index (χ0) is 19.3. The molecule has 1 atom stereocenters. The van der Waals surface area contributed by atoms with Crippen molar-refractivity contribution in [3.05, 3.63) is 58.2 Å². The van der Waals surface area contributed by atoms with Crippen LogP contribution in [0.4, 0.5) is 5.82 Å². The molecule has 1 aliphatic rings. The van der Waals surface area contributed by atoms with E-state index in [1.54, 1.807) is 22.8 Å². The normalized spacial score (nSPS) is 16.6. The lowest BCUT2D eigenvalue weighted by molar-refractivity contribution is -0.113. The average molecular weight is 456 g/mol. The Morgan fingerprint density at radius 1 is 1.25 bits per heavy atom. The molecule has 2 N–H and O–H groups in total. The smallest absolute Gasteiger partial charge is 0.235 e. The zero-order valence-electron chi connectivity index (χ0n) is 14.7. The Morgan fingerprint density at radius 3 is 2.96 bits per heavy atom. The van der Waals surface area contributed by atoms with Gasteiger partial charge in [0.2, 0.25) is 5.91 Å². The van der Waals surface area contributed by atoms with Crippen LogP contribution in [0.2, 0.25) is 0 Å². The van der Waals surface area contributed by atoms with Crippen LogP contribution < -0.4 is 5.32 Å². The Balaban J connectivity index is 1.76. The lowest BCUT2D eigenvalue weighted by Crippen LogP contribution is -2.16. The highest BCUT2D eigenvalue weighted by molar-refractivity contribution is 9.10. The number of fused-ring (bicyclic) bond motifs is 2. The molecule has 0 fully saturated rings. The summed E-state index contributed by atoms with van der Waals surface area (Å²) in [5, 5.41) is 7.68. The van der Waals surface area contributed by atoms with Gasteiger partial charge in [-0.25, -0.2) is 15.0 Å². The molecule has 3 aromatic heterocycles. The van der Waals surface area contributed by atoms with Gasteiger partial charge >= 0.3 is 0 Å². The number of thioether (sulfide) groups is 1. The van der Waals surface area contributed by atoms with Gasteiger partial charge in [-0.05, 0) is 18.6 Å². The number of rotatable bonds is 2. The van der Waals surface area contributed by atoms with Gasteiger partial charge in [0.05, 0.1) is 23.0 Å². The summed E-state index contributed by atoms with van der Waals surface area (Å²) < 4.78 is 2.67. The number of amides is 1. The van der Waals surface area contributed by atoms with E-state index in [4.69, 9.17) is 5.10 Å². The molecule has 1 aromatic carbocycles. The van der Waals surface area contributed by atoms with E-state index in [1.165, 1.54) is 6.33 Å². The summed E-state index contributed by atoms with van der Waals surface area (Å²) in [4.78, 5) is 28.3.